The Morgan fingerprint density at radius 3 is 2.06 bits per heavy atom. The number of ether oxygens (including phenoxy) is 1. The second-order valence-electron chi connectivity index (χ2n) is 8.19. The largest absolute Gasteiger partial charge is 0.573 e. The van der Waals surface area contributed by atoms with E-state index in [1.165, 1.54) is 0 Å². The van der Waals surface area contributed by atoms with Gasteiger partial charge in [-0.05, 0) is 85.6 Å². The summed E-state index contributed by atoms with van der Waals surface area (Å²) in [4.78, 5) is 0. The highest BCUT2D eigenvalue weighted by Crippen LogP contribution is 2.38. The van der Waals surface area contributed by atoms with E-state index in [4.69, 9.17) is 0 Å². The van der Waals surface area contributed by atoms with Gasteiger partial charge in [-0.25, -0.2) is 8.78 Å². The van der Waals surface area contributed by atoms with E-state index in [0.717, 1.165) is 56.2 Å². The normalized spacial score (nSPS) is 19.4. The van der Waals surface area contributed by atoms with E-state index in [9.17, 15) is 26.3 Å². The minimum absolute atomic E-state index is 0.143. The Morgan fingerprint density at radius 1 is 0.875 bits per heavy atom. The molecule has 0 unspecified atom stereocenters. The summed E-state index contributed by atoms with van der Waals surface area (Å²) in [5.74, 6) is -3.22. The van der Waals surface area contributed by atoms with Crippen LogP contribution in [0.4, 0.5) is 26.3 Å². The zero-order valence-electron chi connectivity index (χ0n) is 17.6. The molecular weight excluding hydrogens is 430 g/mol. The maximum absolute atomic E-state index is 14.0. The van der Waals surface area contributed by atoms with Crippen molar-refractivity contribution in [3.8, 4) is 16.9 Å². The van der Waals surface area contributed by atoms with Gasteiger partial charge >= 0.3 is 6.36 Å². The van der Waals surface area contributed by atoms with Crippen LogP contribution >= 0.6 is 0 Å². The number of allylic oxidation sites excluding steroid dienone is 2. The van der Waals surface area contributed by atoms with Gasteiger partial charge in [0.05, 0.1) is 6.67 Å². The molecule has 1 nitrogen and oxygen atoms in total. The highest BCUT2D eigenvalue weighted by Gasteiger charge is 2.34. The number of benzene rings is 2. The molecule has 0 N–H and O–H groups in total. The molecule has 0 spiro atoms. The molecule has 0 saturated heterocycles. The van der Waals surface area contributed by atoms with Gasteiger partial charge in [0, 0.05) is 0 Å². The number of hydrogen-bond acceptors (Lipinski definition) is 1. The zero-order valence-corrected chi connectivity index (χ0v) is 17.6. The van der Waals surface area contributed by atoms with E-state index in [2.05, 4.69) is 16.9 Å². The van der Waals surface area contributed by atoms with Gasteiger partial charge in [0.15, 0.2) is 11.6 Å². The molecule has 1 saturated carbocycles. The molecule has 174 valence electrons. The van der Waals surface area contributed by atoms with E-state index >= 15 is 0 Å². The molecule has 0 radical (unpaired) electrons. The molecule has 7 heteroatoms. The Bertz CT molecular complexity index is 873. The summed E-state index contributed by atoms with van der Waals surface area (Å²) in [7, 11) is 0. The maximum Gasteiger partial charge on any atom is 0.573 e. The molecule has 32 heavy (non-hydrogen) atoms. The van der Waals surface area contributed by atoms with Crippen LogP contribution in [0.15, 0.2) is 48.6 Å². The summed E-state index contributed by atoms with van der Waals surface area (Å²) >= 11 is 0. The number of halogens is 6. The van der Waals surface area contributed by atoms with Crippen LogP contribution in [0.2, 0.25) is 0 Å². The average Bonchev–Trinajstić information content (AvgIpc) is 2.76. The third kappa shape index (κ3) is 6.78. The topological polar surface area (TPSA) is 9.23 Å². The second-order valence-corrected chi connectivity index (χ2v) is 8.19. The Hall–Kier alpha value is -2.44. The van der Waals surface area contributed by atoms with Crippen molar-refractivity contribution in [2.24, 2.45) is 5.92 Å². The molecule has 1 aliphatic carbocycles. The smallest absolute Gasteiger partial charge is 0.399 e. The van der Waals surface area contributed by atoms with Crippen LogP contribution in [0, 0.1) is 17.6 Å². The van der Waals surface area contributed by atoms with E-state index < -0.39 is 23.7 Å². The molecule has 0 aliphatic heterocycles. The number of hydrogen-bond donors (Lipinski definition) is 0. The second kappa shape index (κ2) is 10.9. The van der Waals surface area contributed by atoms with Crippen molar-refractivity contribution >= 4 is 0 Å². The standard InChI is InChI=1S/C25H26F6O/c26-14-4-2-1-3-5-17-6-8-18(9-7-17)19-10-12-20(13-11-19)21-15-22(27)24(23(28)16-21)32-25(29,30)31/h1,3,10-13,15-18H,2,4-9,14H2/b3-1+. The lowest BCUT2D eigenvalue weighted by Gasteiger charge is -2.28. The molecule has 1 aliphatic rings. The third-order valence-corrected chi connectivity index (χ3v) is 5.92. The van der Waals surface area contributed by atoms with Gasteiger partial charge in [0.1, 0.15) is 0 Å². The Balaban J connectivity index is 1.59. The van der Waals surface area contributed by atoms with Crippen molar-refractivity contribution in [2.75, 3.05) is 6.67 Å². The van der Waals surface area contributed by atoms with Gasteiger partial charge in [-0.1, -0.05) is 36.4 Å². The van der Waals surface area contributed by atoms with Gasteiger partial charge < -0.3 is 4.74 Å². The lowest BCUT2D eigenvalue weighted by Crippen LogP contribution is -2.19. The summed E-state index contributed by atoms with van der Waals surface area (Å²) in [5.41, 5.74) is 1.80. The molecule has 1 fully saturated rings. The molecular formula is C25H26F6O. The highest BCUT2D eigenvalue weighted by molar-refractivity contribution is 5.65. The molecule has 0 amide bonds. The number of alkyl halides is 4. The van der Waals surface area contributed by atoms with Gasteiger partial charge in [-0.3, -0.25) is 4.39 Å². The first-order valence-electron chi connectivity index (χ1n) is 10.8. The summed E-state index contributed by atoms with van der Waals surface area (Å²) in [5, 5.41) is 0. The van der Waals surface area contributed by atoms with Crippen molar-refractivity contribution in [3.63, 3.8) is 0 Å². The van der Waals surface area contributed by atoms with Crippen molar-refractivity contribution < 1.29 is 31.1 Å². The van der Waals surface area contributed by atoms with E-state index in [0.29, 0.717) is 23.8 Å². The van der Waals surface area contributed by atoms with Crippen LogP contribution in [0.1, 0.15) is 56.4 Å². The molecule has 2 aromatic carbocycles. The summed E-state index contributed by atoms with van der Waals surface area (Å²) in [6.45, 7) is -0.282. The van der Waals surface area contributed by atoms with Crippen LogP contribution < -0.4 is 4.74 Å². The number of unbranched alkanes of at least 4 members (excludes halogenated alkanes) is 1. The fourth-order valence-electron chi connectivity index (χ4n) is 4.22. The SMILES string of the molecule is FCCC/C=C/CC1CCC(c2ccc(-c3cc(F)c(OC(F)(F)F)c(F)c3)cc2)CC1. The molecule has 0 heterocycles. The average molecular weight is 456 g/mol. The zero-order chi connectivity index (χ0) is 23.1. The summed E-state index contributed by atoms with van der Waals surface area (Å²) in [6, 6.07) is 8.96. The van der Waals surface area contributed by atoms with Gasteiger partial charge in [-0.2, -0.15) is 0 Å². The molecule has 3 rings (SSSR count). The fraction of sp³-hybridized carbons (Fsp3) is 0.440. The first kappa shape index (κ1) is 24.2. The fourth-order valence-corrected chi connectivity index (χ4v) is 4.22. The summed E-state index contributed by atoms with van der Waals surface area (Å²) in [6.07, 6.45) is 5.72. The van der Waals surface area contributed by atoms with Crippen LogP contribution in [-0.4, -0.2) is 13.0 Å². The Labute approximate surface area is 184 Å². The van der Waals surface area contributed by atoms with E-state index in [1.807, 2.05) is 12.1 Å². The van der Waals surface area contributed by atoms with Gasteiger partial charge in [0.25, 0.3) is 0 Å². The van der Waals surface area contributed by atoms with E-state index in [-0.39, 0.29) is 12.2 Å². The molecule has 0 bridgehead atoms. The number of rotatable bonds is 8. The van der Waals surface area contributed by atoms with Gasteiger partial charge in [-0.15, -0.1) is 13.2 Å². The van der Waals surface area contributed by atoms with Crippen LogP contribution in [0.25, 0.3) is 11.1 Å². The van der Waals surface area contributed by atoms with Gasteiger partial charge in [0.2, 0.25) is 5.75 Å². The van der Waals surface area contributed by atoms with E-state index in [1.54, 1.807) is 12.1 Å². The minimum atomic E-state index is -5.17. The van der Waals surface area contributed by atoms with Crippen molar-refractivity contribution in [1.82, 2.24) is 0 Å². The molecule has 2 aromatic rings. The molecule has 0 aromatic heterocycles. The van der Waals surface area contributed by atoms with Crippen LogP contribution in [-0.2, 0) is 0 Å². The first-order chi connectivity index (χ1) is 15.3. The lowest BCUT2D eigenvalue weighted by molar-refractivity contribution is -0.276. The van der Waals surface area contributed by atoms with Crippen molar-refractivity contribution in [1.29, 1.82) is 0 Å². The predicted octanol–water partition coefficient (Wildman–Crippen LogP) is 8.50. The van der Waals surface area contributed by atoms with Crippen molar-refractivity contribution in [2.45, 2.75) is 57.2 Å². The van der Waals surface area contributed by atoms with Crippen LogP contribution in [0.5, 0.6) is 5.75 Å². The predicted molar refractivity (Wildman–Crippen MR) is 112 cm³/mol. The minimum Gasteiger partial charge on any atom is -0.399 e. The quantitative estimate of drug-likeness (QED) is 0.220. The first-order valence-corrected chi connectivity index (χ1v) is 10.8. The van der Waals surface area contributed by atoms with Crippen LogP contribution in [0.3, 0.4) is 0 Å². The monoisotopic (exact) mass is 456 g/mol. The highest BCUT2D eigenvalue weighted by atomic mass is 19.4. The Morgan fingerprint density at radius 2 is 1.50 bits per heavy atom. The maximum atomic E-state index is 14.0. The lowest BCUT2D eigenvalue weighted by atomic mass is 9.77. The summed E-state index contributed by atoms with van der Waals surface area (Å²) < 4.78 is 80.4. The molecule has 0 atom stereocenters. The Kier molecular flexibility index (Phi) is 8.26. The third-order valence-electron chi connectivity index (χ3n) is 5.92. The van der Waals surface area contributed by atoms with Crippen molar-refractivity contribution in [3.05, 3.63) is 65.7 Å².